The molecular formula is C14H17N3. The molecule has 0 bridgehead atoms. The van der Waals surface area contributed by atoms with E-state index in [4.69, 9.17) is 5.73 Å². The zero-order valence-electron chi connectivity index (χ0n) is 10.0. The van der Waals surface area contributed by atoms with Gasteiger partial charge in [0.25, 0.3) is 0 Å². The molecule has 0 atom stereocenters. The minimum absolute atomic E-state index is 0.590. The van der Waals surface area contributed by atoms with Crippen LogP contribution in [0.5, 0.6) is 0 Å². The molecule has 2 rings (SSSR count). The Hall–Kier alpha value is -1.87. The number of aromatic nitrogens is 1. The van der Waals surface area contributed by atoms with E-state index in [1.165, 1.54) is 11.1 Å². The summed E-state index contributed by atoms with van der Waals surface area (Å²) in [6, 6.07) is 12.4. The number of nitrogens with two attached hydrogens (primary N) is 1. The van der Waals surface area contributed by atoms with Crippen molar-refractivity contribution in [2.24, 2.45) is 5.73 Å². The Kier molecular flexibility index (Phi) is 3.73. The summed E-state index contributed by atoms with van der Waals surface area (Å²) in [5.41, 5.74) is 9.25. The zero-order valence-corrected chi connectivity index (χ0v) is 10.0. The maximum absolute atomic E-state index is 5.64. The first kappa shape index (κ1) is 11.6. The molecule has 1 aromatic heterocycles. The van der Waals surface area contributed by atoms with Gasteiger partial charge in [-0.1, -0.05) is 24.3 Å². The van der Waals surface area contributed by atoms with E-state index < -0.39 is 0 Å². The maximum Gasteiger partial charge on any atom is 0.0426 e. The van der Waals surface area contributed by atoms with Gasteiger partial charge in [0.15, 0.2) is 0 Å². The summed E-state index contributed by atoms with van der Waals surface area (Å²) < 4.78 is 0. The first-order valence-electron chi connectivity index (χ1n) is 5.68. The molecule has 0 saturated carbocycles. The van der Waals surface area contributed by atoms with Crippen molar-refractivity contribution in [2.45, 2.75) is 13.1 Å². The van der Waals surface area contributed by atoms with Crippen molar-refractivity contribution >= 4 is 5.69 Å². The van der Waals surface area contributed by atoms with Gasteiger partial charge in [-0.25, -0.2) is 0 Å². The molecule has 0 spiro atoms. The van der Waals surface area contributed by atoms with Gasteiger partial charge < -0.3 is 10.6 Å². The Morgan fingerprint density at radius 3 is 2.53 bits per heavy atom. The summed E-state index contributed by atoms with van der Waals surface area (Å²) in [4.78, 5) is 6.21. The average Bonchev–Trinajstić information content (AvgIpc) is 2.40. The number of benzene rings is 1. The maximum atomic E-state index is 5.64. The lowest BCUT2D eigenvalue weighted by Gasteiger charge is -2.19. The number of hydrogen-bond acceptors (Lipinski definition) is 3. The summed E-state index contributed by atoms with van der Waals surface area (Å²) in [6.07, 6.45) is 3.62. The Balaban J connectivity index is 2.10. The Morgan fingerprint density at radius 2 is 1.82 bits per heavy atom. The molecule has 0 amide bonds. The third kappa shape index (κ3) is 3.04. The fraction of sp³-hybridized carbons (Fsp3) is 0.214. The van der Waals surface area contributed by atoms with E-state index in [2.05, 4.69) is 41.2 Å². The zero-order chi connectivity index (χ0) is 12.1. The lowest BCUT2D eigenvalue weighted by molar-refractivity contribution is 0.915. The van der Waals surface area contributed by atoms with Crippen LogP contribution in [-0.4, -0.2) is 12.0 Å². The predicted octanol–water partition coefficient (Wildman–Crippen LogP) is 2.18. The third-order valence-electron chi connectivity index (χ3n) is 2.75. The highest BCUT2D eigenvalue weighted by Gasteiger charge is 2.01. The van der Waals surface area contributed by atoms with Crippen LogP contribution in [0.15, 0.2) is 48.8 Å². The number of rotatable bonds is 4. The molecule has 88 valence electrons. The summed E-state index contributed by atoms with van der Waals surface area (Å²) in [5, 5.41) is 0. The molecule has 0 saturated heterocycles. The summed E-state index contributed by atoms with van der Waals surface area (Å²) in [7, 11) is 2.07. The first-order chi connectivity index (χ1) is 8.29. The van der Waals surface area contributed by atoms with E-state index in [-0.39, 0.29) is 0 Å². The van der Waals surface area contributed by atoms with E-state index in [1.807, 2.05) is 24.5 Å². The molecule has 2 N–H and O–H groups in total. The minimum atomic E-state index is 0.590. The van der Waals surface area contributed by atoms with E-state index in [0.717, 1.165) is 12.2 Å². The molecule has 0 fully saturated rings. The van der Waals surface area contributed by atoms with Crippen molar-refractivity contribution in [1.29, 1.82) is 0 Å². The van der Waals surface area contributed by atoms with Gasteiger partial charge in [-0.05, 0) is 23.3 Å². The Labute approximate surface area is 102 Å². The lowest BCUT2D eigenvalue weighted by Crippen LogP contribution is -2.16. The molecule has 3 heteroatoms. The Morgan fingerprint density at radius 1 is 1.12 bits per heavy atom. The second kappa shape index (κ2) is 5.46. The van der Waals surface area contributed by atoms with Crippen molar-refractivity contribution in [3.05, 3.63) is 59.9 Å². The number of pyridine rings is 1. The molecule has 0 unspecified atom stereocenters. The van der Waals surface area contributed by atoms with Gasteiger partial charge in [-0.15, -0.1) is 0 Å². The van der Waals surface area contributed by atoms with Crippen LogP contribution in [0.25, 0.3) is 0 Å². The Bertz CT molecular complexity index is 468. The summed E-state index contributed by atoms with van der Waals surface area (Å²) >= 11 is 0. The molecule has 1 aromatic carbocycles. The van der Waals surface area contributed by atoms with Crippen LogP contribution in [0.1, 0.15) is 11.1 Å². The predicted molar refractivity (Wildman–Crippen MR) is 70.7 cm³/mol. The smallest absolute Gasteiger partial charge is 0.0426 e. The van der Waals surface area contributed by atoms with Crippen LogP contribution in [0.4, 0.5) is 5.69 Å². The standard InChI is InChI=1S/C14H17N3/c1-17(14-5-7-16-8-6-14)11-13-4-2-3-12(9-13)10-15/h2-9H,10-11,15H2,1H3. The van der Waals surface area contributed by atoms with Gasteiger partial charge in [0.2, 0.25) is 0 Å². The van der Waals surface area contributed by atoms with Crippen molar-refractivity contribution in [3.63, 3.8) is 0 Å². The molecule has 17 heavy (non-hydrogen) atoms. The molecule has 0 aliphatic rings. The normalized spacial score (nSPS) is 10.2. The largest absolute Gasteiger partial charge is 0.370 e. The summed E-state index contributed by atoms with van der Waals surface area (Å²) in [5.74, 6) is 0. The van der Waals surface area contributed by atoms with Gasteiger partial charge in [0, 0.05) is 38.2 Å². The van der Waals surface area contributed by atoms with Gasteiger partial charge in [0.05, 0.1) is 0 Å². The van der Waals surface area contributed by atoms with Crippen LogP contribution in [-0.2, 0) is 13.1 Å². The first-order valence-corrected chi connectivity index (χ1v) is 5.68. The molecule has 0 aliphatic carbocycles. The highest BCUT2D eigenvalue weighted by molar-refractivity contribution is 5.44. The van der Waals surface area contributed by atoms with Gasteiger partial charge in [-0.3, -0.25) is 4.98 Å². The molecule has 1 heterocycles. The molecule has 0 radical (unpaired) electrons. The molecule has 3 nitrogen and oxygen atoms in total. The number of hydrogen-bond donors (Lipinski definition) is 1. The van der Waals surface area contributed by atoms with E-state index >= 15 is 0 Å². The van der Waals surface area contributed by atoms with Crippen LogP contribution < -0.4 is 10.6 Å². The monoisotopic (exact) mass is 227 g/mol. The quantitative estimate of drug-likeness (QED) is 0.870. The van der Waals surface area contributed by atoms with E-state index in [0.29, 0.717) is 6.54 Å². The number of nitrogens with zero attached hydrogens (tertiary/aromatic N) is 2. The SMILES string of the molecule is CN(Cc1cccc(CN)c1)c1ccncc1. The van der Waals surface area contributed by atoms with Crippen molar-refractivity contribution in [3.8, 4) is 0 Å². The molecule has 2 aromatic rings. The fourth-order valence-corrected chi connectivity index (χ4v) is 1.82. The van der Waals surface area contributed by atoms with Crippen LogP contribution >= 0.6 is 0 Å². The summed E-state index contributed by atoms with van der Waals surface area (Å²) in [6.45, 7) is 1.46. The average molecular weight is 227 g/mol. The van der Waals surface area contributed by atoms with Crippen molar-refractivity contribution in [2.75, 3.05) is 11.9 Å². The number of anilines is 1. The van der Waals surface area contributed by atoms with Gasteiger partial charge >= 0.3 is 0 Å². The van der Waals surface area contributed by atoms with E-state index in [9.17, 15) is 0 Å². The lowest BCUT2D eigenvalue weighted by atomic mass is 10.1. The highest BCUT2D eigenvalue weighted by atomic mass is 15.1. The highest BCUT2D eigenvalue weighted by Crippen LogP contribution is 2.14. The molecular weight excluding hydrogens is 210 g/mol. The second-order valence-corrected chi connectivity index (χ2v) is 4.09. The van der Waals surface area contributed by atoms with E-state index in [1.54, 1.807) is 0 Å². The topological polar surface area (TPSA) is 42.1 Å². The molecule has 0 aliphatic heterocycles. The minimum Gasteiger partial charge on any atom is -0.370 e. The third-order valence-corrected chi connectivity index (χ3v) is 2.75. The van der Waals surface area contributed by atoms with Crippen molar-refractivity contribution in [1.82, 2.24) is 4.98 Å². The second-order valence-electron chi connectivity index (χ2n) is 4.09. The van der Waals surface area contributed by atoms with Crippen LogP contribution in [0, 0.1) is 0 Å². The van der Waals surface area contributed by atoms with Gasteiger partial charge in [0.1, 0.15) is 0 Å². The van der Waals surface area contributed by atoms with Crippen molar-refractivity contribution < 1.29 is 0 Å². The fourth-order valence-electron chi connectivity index (χ4n) is 1.82. The van der Waals surface area contributed by atoms with Crippen LogP contribution in [0.2, 0.25) is 0 Å². The van der Waals surface area contributed by atoms with Gasteiger partial charge in [-0.2, -0.15) is 0 Å². The van der Waals surface area contributed by atoms with Crippen LogP contribution in [0.3, 0.4) is 0 Å².